The SMILES string of the molecule is Cn1cc(CN(C(=O)c2ccc(-c3ncccc3F)cc2)C2CC2)cn1. The third kappa shape index (κ3) is 3.35. The molecule has 132 valence electrons. The van der Waals surface area contributed by atoms with Crippen molar-refractivity contribution in [2.24, 2.45) is 7.05 Å². The molecule has 1 amide bonds. The van der Waals surface area contributed by atoms with Gasteiger partial charge in [-0.15, -0.1) is 0 Å². The number of aromatic nitrogens is 3. The summed E-state index contributed by atoms with van der Waals surface area (Å²) in [6, 6.07) is 10.2. The van der Waals surface area contributed by atoms with Gasteiger partial charge in [-0.25, -0.2) is 4.39 Å². The average molecular weight is 350 g/mol. The molecule has 1 saturated carbocycles. The molecule has 2 aromatic heterocycles. The van der Waals surface area contributed by atoms with E-state index in [-0.39, 0.29) is 17.8 Å². The van der Waals surface area contributed by atoms with E-state index < -0.39 is 0 Å². The highest BCUT2D eigenvalue weighted by Crippen LogP contribution is 2.30. The normalized spacial score (nSPS) is 13.6. The highest BCUT2D eigenvalue weighted by atomic mass is 19.1. The Bertz CT molecular complexity index is 931. The fourth-order valence-corrected chi connectivity index (χ4v) is 3.04. The Balaban J connectivity index is 1.55. The third-order valence-corrected chi connectivity index (χ3v) is 4.52. The zero-order valence-corrected chi connectivity index (χ0v) is 14.5. The van der Waals surface area contributed by atoms with Gasteiger partial charge in [0.25, 0.3) is 5.91 Å². The molecule has 3 aromatic rings. The van der Waals surface area contributed by atoms with Crippen LogP contribution in [-0.4, -0.2) is 31.6 Å². The topological polar surface area (TPSA) is 51.0 Å². The molecule has 6 heteroatoms. The van der Waals surface area contributed by atoms with Crippen LogP contribution in [0.15, 0.2) is 55.0 Å². The number of hydrogen-bond donors (Lipinski definition) is 0. The molecule has 0 aliphatic heterocycles. The van der Waals surface area contributed by atoms with Gasteiger partial charge in [-0.3, -0.25) is 14.5 Å². The first-order valence-corrected chi connectivity index (χ1v) is 8.61. The summed E-state index contributed by atoms with van der Waals surface area (Å²) in [5.41, 5.74) is 2.56. The van der Waals surface area contributed by atoms with E-state index in [2.05, 4.69) is 10.1 Å². The zero-order chi connectivity index (χ0) is 18.1. The average Bonchev–Trinajstić information content (AvgIpc) is 3.41. The summed E-state index contributed by atoms with van der Waals surface area (Å²) >= 11 is 0. The number of amides is 1. The highest BCUT2D eigenvalue weighted by molar-refractivity contribution is 5.95. The summed E-state index contributed by atoms with van der Waals surface area (Å²) in [6.07, 6.45) is 7.33. The largest absolute Gasteiger partial charge is 0.331 e. The number of aryl methyl sites for hydroxylation is 1. The van der Waals surface area contributed by atoms with E-state index in [1.54, 1.807) is 47.4 Å². The summed E-state index contributed by atoms with van der Waals surface area (Å²) in [5, 5.41) is 4.17. The minimum atomic E-state index is -0.372. The minimum Gasteiger partial charge on any atom is -0.331 e. The second-order valence-electron chi connectivity index (χ2n) is 6.60. The number of hydrogen-bond acceptors (Lipinski definition) is 3. The molecule has 0 N–H and O–H groups in total. The molecule has 1 aliphatic rings. The second-order valence-corrected chi connectivity index (χ2v) is 6.60. The van der Waals surface area contributed by atoms with Crippen LogP contribution < -0.4 is 0 Å². The van der Waals surface area contributed by atoms with E-state index in [1.807, 2.05) is 18.1 Å². The number of carbonyl (C=O) groups excluding carboxylic acids is 1. The molecule has 1 aromatic carbocycles. The van der Waals surface area contributed by atoms with Crippen molar-refractivity contribution in [1.82, 2.24) is 19.7 Å². The first kappa shape index (κ1) is 16.4. The molecule has 4 rings (SSSR count). The van der Waals surface area contributed by atoms with Gasteiger partial charge in [0.15, 0.2) is 0 Å². The Hall–Kier alpha value is -3.02. The van der Waals surface area contributed by atoms with Crippen molar-refractivity contribution in [3.05, 3.63) is 71.9 Å². The Morgan fingerprint density at radius 1 is 1.27 bits per heavy atom. The molecule has 0 radical (unpaired) electrons. The van der Waals surface area contributed by atoms with Crippen LogP contribution in [0.2, 0.25) is 0 Å². The van der Waals surface area contributed by atoms with Crippen LogP contribution in [0.5, 0.6) is 0 Å². The number of nitrogens with zero attached hydrogens (tertiary/aromatic N) is 4. The number of benzene rings is 1. The lowest BCUT2D eigenvalue weighted by atomic mass is 10.1. The summed E-state index contributed by atoms with van der Waals surface area (Å²) in [6.45, 7) is 0.550. The molecule has 5 nitrogen and oxygen atoms in total. The Kier molecular flexibility index (Phi) is 4.24. The van der Waals surface area contributed by atoms with Gasteiger partial charge in [-0.2, -0.15) is 5.10 Å². The number of halogens is 1. The molecule has 0 bridgehead atoms. The zero-order valence-electron chi connectivity index (χ0n) is 14.5. The fourth-order valence-electron chi connectivity index (χ4n) is 3.04. The van der Waals surface area contributed by atoms with Crippen LogP contribution in [0.25, 0.3) is 11.3 Å². The van der Waals surface area contributed by atoms with Crippen LogP contribution in [0.4, 0.5) is 4.39 Å². The van der Waals surface area contributed by atoms with Crippen LogP contribution in [0.3, 0.4) is 0 Å². The predicted octanol–water partition coefficient (Wildman–Crippen LogP) is 3.43. The molecule has 0 unspecified atom stereocenters. The van der Waals surface area contributed by atoms with Gasteiger partial charge in [0.05, 0.1) is 6.20 Å². The molecule has 26 heavy (non-hydrogen) atoms. The smallest absolute Gasteiger partial charge is 0.254 e. The highest BCUT2D eigenvalue weighted by Gasteiger charge is 2.33. The molecule has 0 atom stereocenters. The van der Waals surface area contributed by atoms with Crippen LogP contribution >= 0.6 is 0 Å². The lowest BCUT2D eigenvalue weighted by Crippen LogP contribution is -2.32. The van der Waals surface area contributed by atoms with E-state index in [0.717, 1.165) is 18.4 Å². The Morgan fingerprint density at radius 3 is 2.65 bits per heavy atom. The number of pyridine rings is 1. The van der Waals surface area contributed by atoms with E-state index in [9.17, 15) is 9.18 Å². The first-order valence-electron chi connectivity index (χ1n) is 8.61. The maximum absolute atomic E-state index is 13.9. The van der Waals surface area contributed by atoms with Crippen LogP contribution in [0, 0.1) is 5.82 Å². The van der Waals surface area contributed by atoms with Gasteiger partial charge in [-0.05, 0) is 37.1 Å². The fraction of sp³-hybridized carbons (Fsp3) is 0.250. The maximum atomic E-state index is 13.9. The van der Waals surface area contributed by atoms with Gasteiger partial charge in [-0.1, -0.05) is 12.1 Å². The quantitative estimate of drug-likeness (QED) is 0.708. The lowest BCUT2D eigenvalue weighted by Gasteiger charge is -2.22. The van der Waals surface area contributed by atoms with Crippen molar-refractivity contribution in [2.45, 2.75) is 25.4 Å². The van der Waals surface area contributed by atoms with Gasteiger partial charge in [0.2, 0.25) is 0 Å². The maximum Gasteiger partial charge on any atom is 0.254 e. The predicted molar refractivity (Wildman–Crippen MR) is 95.7 cm³/mol. The summed E-state index contributed by atoms with van der Waals surface area (Å²) in [5.74, 6) is -0.382. The summed E-state index contributed by atoms with van der Waals surface area (Å²) in [7, 11) is 1.86. The monoisotopic (exact) mass is 350 g/mol. The lowest BCUT2D eigenvalue weighted by molar-refractivity contribution is 0.0730. The van der Waals surface area contributed by atoms with Gasteiger partial charge >= 0.3 is 0 Å². The molecule has 0 saturated heterocycles. The van der Waals surface area contributed by atoms with Crippen molar-refractivity contribution >= 4 is 5.91 Å². The number of carbonyl (C=O) groups is 1. The van der Waals surface area contributed by atoms with E-state index in [1.165, 1.54) is 6.07 Å². The van der Waals surface area contributed by atoms with E-state index in [4.69, 9.17) is 0 Å². The molecular formula is C20H19FN4O. The van der Waals surface area contributed by atoms with Gasteiger partial charge in [0, 0.05) is 48.7 Å². The van der Waals surface area contributed by atoms with Crippen molar-refractivity contribution in [2.75, 3.05) is 0 Å². The molecule has 2 heterocycles. The molecular weight excluding hydrogens is 331 g/mol. The summed E-state index contributed by atoms with van der Waals surface area (Å²) in [4.78, 5) is 18.9. The van der Waals surface area contributed by atoms with Crippen molar-refractivity contribution < 1.29 is 9.18 Å². The molecule has 1 aliphatic carbocycles. The third-order valence-electron chi connectivity index (χ3n) is 4.52. The number of rotatable bonds is 5. The Labute approximate surface area is 151 Å². The Morgan fingerprint density at radius 2 is 2.04 bits per heavy atom. The summed E-state index contributed by atoms with van der Waals surface area (Å²) < 4.78 is 15.6. The van der Waals surface area contributed by atoms with Crippen molar-refractivity contribution in [3.63, 3.8) is 0 Å². The molecule has 0 spiro atoms. The standard InChI is InChI=1S/C20H19FN4O/c1-24-12-14(11-23-24)13-25(17-8-9-17)20(26)16-6-4-15(5-7-16)19-18(21)3-2-10-22-19/h2-7,10-12,17H,8-9,13H2,1H3. The van der Waals surface area contributed by atoms with Crippen LogP contribution in [-0.2, 0) is 13.6 Å². The van der Waals surface area contributed by atoms with E-state index in [0.29, 0.717) is 23.4 Å². The van der Waals surface area contributed by atoms with Crippen molar-refractivity contribution in [1.29, 1.82) is 0 Å². The van der Waals surface area contributed by atoms with Gasteiger partial charge < -0.3 is 4.90 Å². The second kappa shape index (κ2) is 6.71. The first-order chi connectivity index (χ1) is 12.6. The van der Waals surface area contributed by atoms with Gasteiger partial charge in [0.1, 0.15) is 11.5 Å². The van der Waals surface area contributed by atoms with Crippen LogP contribution in [0.1, 0.15) is 28.8 Å². The van der Waals surface area contributed by atoms with E-state index >= 15 is 0 Å². The minimum absolute atomic E-state index is 0.00982. The van der Waals surface area contributed by atoms with Crippen molar-refractivity contribution in [3.8, 4) is 11.3 Å². The molecule has 1 fully saturated rings.